The van der Waals surface area contributed by atoms with Crippen molar-refractivity contribution >= 4 is 11.8 Å². The third-order valence-electron chi connectivity index (χ3n) is 3.50. The second kappa shape index (κ2) is 6.35. The Morgan fingerprint density at radius 3 is 2.71 bits per heavy atom. The van der Waals surface area contributed by atoms with Crippen LogP contribution in [0.15, 0.2) is 24.4 Å². The fourth-order valence-electron chi connectivity index (χ4n) is 2.21. The summed E-state index contributed by atoms with van der Waals surface area (Å²) in [7, 11) is 0. The molecule has 2 rings (SSSR count). The van der Waals surface area contributed by atoms with Crippen molar-refractivity contribution in [3.8, 4) is 0 Å². The summed E-state index contributed by atoms with van der Waals surface area (Å²) in [6, 6.07) is 5.32. The van der Waals surface area contributed by atoms with E-state index in [1.54, 1.807) is 29.5 Å². The first-order chi connectivity index (χ1) is 9.88. The lowest BCUT2D eigenvalue weighted by molar-refractivity contribution is -0.206. The lowest BCUT2D eigenvalue weighted by Crippen LogP contribution is -2.42. The Morgan fingerprint density at radius 2 is 2.10 bits per heavy atom. The molecular weight excluding hydrogens is 268 g/mol. The molecule has 21 heavy (non-hydrogen) atoms. The minimum Gasteiger partial charge on any atom is -0.367 e. The van der Waals surface area contributed by atoms with Crippen LogP contribution in [-0.2, 0) is 9.63 Å². The number of aromatic nitrogens is 1. The molecular formula is C16H22N2O3. The van der Waals surface area contributed by atoms with Gasteiger partial charge in [0.05, 0.1) is 5.41 Å². The monoisotopic (exact) mass is 290 g/mol. The SMILES string of the molecule is CC(C)(C)C(=O)ON1CCC[C@H](C(=O)c2ccccn2)C1. The minimum absolute atomic E-state index is 0.0205. The van der Waals surface area contributed by atoms with Gasteiger partial charge in [0, 0.05) is 25.2 Å². The molecule has 1 aromatic heterocycles. The first-order valence-electron chi connectivity index (χ1n) is 7.30. The van der Waals surface area contributed by atoms with Crippen LogP contribution in [0.25, 0.3) is 0 Å². The van der Waals surface area contributed by atoms with Crippen LogP contribution in [0.3, 0.4) is 0 Å². The average Bonchev–Trinajstić information content (AvgIpc) is 2.46. The first-order valence-corrected chi connectivity index (χ1v) is 7.30. The maximum absolute atomic E-state index is 12.4. The van der Waals surface area contributed by atoms with Gasteiger partial charge in [-0.05, 0) is 45.7 Å². The molecule has 0 N–H and O–H groups in total. The zero-order chi connectivity index (χ0) is 15.5. The highest BCUT2D eigenvalue weighted by atomic mass is 16.7. The molecule has 2 heterocycles. The van der Waals surface area contributed by atoms with Crippen LogP contribution >= 0.6 is 0 Å². The molecule has 1 aromatic rings. The average molecular weight is 290 g/mol. The summed E-state index contributed by atoms with van der Waals surface area (Å²) in [5.74, 6) is -0.415. The maximum atomic E-state index is 12.4. The van der Waals surface area contributed by atoms with Gasteiger partial charge < -0.3 is 4.84 Å². The second-order valence-electron chi connectivity index (χ2n) is 6.44. The molecule has 1 saturated heterocycles. The van der Waals surface area contributed by atoms with Gasteiger partial charge in [0.2, 0.25) is 0 Å². The maximum Gasteiger partial charge on any atom is 0.330 e. The predicted molar refractivity (Wildman–Crippen MR) is 78.4 cm³/mol. The second-order valence-corrected chi connectivity index (χ2v) is 6.44. The summed E-state index contributed by atoms with van der Waals surface area (Å²) in [6.07, 6.45) is 3.26. The molecule has 0 bridgehead atoms. The van der Waals surface area contributed by atoms with E-state index in [1.165, 1.54) is 0 Å². The number of carbonyl (C=O) groups is 2. The Labute approximate surface area is 125 Å². The molecule has 1 aliphatic heterocycles. The number of piperidine rings is 1. The molecule has 114 valence electrons. The van der Waals surface area contributed by atoms with E-state index in [0.717, 1.165) is 12.8 Å². The van der Waals surface area contributed by atoms with Crippen LogP contribution in [0.1, 0.15) is 44.1 Å². The molecule has 0 unspecified atom stereocenters. The number of nitrogens with zero attached hydrogens (tertiary/aromatic N) is 2. The van der Waals surface area contributed by atoms with Gasteiger partial charge in [0.1, 0.15) is 5.69 Å². The quantitative estimate of drug-likeness (QED) is 0.800. The zero-order valence-corrected chi connectivity index (χ0v) is 12.8. The highest BCUT2D eigenvalue weighted by molar-refractivity contribution is 5.96. The summed E-state index contributed by atoms with van der Waals surface area (Å²) in [4.78, 5) is 33.8. The number of Topliss-reactive ketones (excluding diaryl/α,β-unsaturated/α-hetero) is 1. The van der Waals surface area contributed by atoms with Crippen LogP contribution in [0.2, 0.25) is 0 Å². The van der Waals surface area contributed by atoms with E-state index >= 15 is 0 Å². The van der Waals surface area contributed by atoms with Gasteiger partial charge in [0.15, 0.2) is 5.78 Å². The van der Waals surface area contributed by atoms with Gasteiger partial charge in [0.25, 0.3) is 0 Å². The Morgan fingerprint density at radius 1 is 1.33 bits per heavy atom. The van der Waals surface area contributed by atoms with Crippen LogP contribution in [0.5, 0.6) is 0 Å². The number of ketones is 1. The smallest absolute Gasteiger partial charge is 0.330 e. The summed E-state index contributed by atoms with van der Waals surface area (Å²) in [5, 5.41) is 1.61. The third kappa shape index (κ3) is 4.11. The highest BCUT2D eigenvalue weighted by Gasteiger charge is 2.31. The van der Waals surface area contributed by atoms with Crippen molar-refractivity contribution < 1.29 is 14.4 Å². The van der Waals surface area contributed by atoms with Crippen molar-refractivity contribution in [1.29, 1.82) is 0 Å². The van der Waals surface area contributed by atoms with E-state index in [1.807, 2.05) is 20.8 Å². The van der Waals surface area contributed by atoms with Gasteiger partial charge in [-0.3, -0.25) is 9.78 Å². The Hall–Kier alpha value is -1.75. The van der Waals surface area contributed by atoms with Gasteiger partial charge >= 0.3 is 5.97 Å². The molecule has 0 aliphatic carbocycles. The summed E-state index contributed by atoms with van der Waals surface area (Å²) in [5.41, 5.74) is -0.0655. The van der Waals surface area contributed by atoms with Crippen LogP contribution < -0.4 is 0 Å². The van der Waals surface area contributed by atoms with E-state index < -0.39 is 5.41 Å². The zero-order valence-electron chi connectivity index (χ0n) is 12.8. The number of hydroxylamine groups is 2. The van der Waals surface area contributed by atoms with Gasteiger partial charge in [-0.25, -0.2) is 4.79 Å². The molecule has 5 heteroatoms. The topological polar surface area (TPSA) is 59.5 Å². The van der Waals surface area contributed by atoms with Crippen molar-refractivity contribution in [2.24, 2.45) is 11.3 Å². The van der Waals surface area contributed by atoms with Crippen LogP contribution in [0, 0.1) is 11.3 Å². The van der Waals surface area contributed by atoms with Gasteiger partial charge in [-0.15, -0.1) is 5.06 Å². The highest BCUT2D eigenvalue weighted by Crippen LogP contribution is 2.23. The molecule has 5 nitrogen and oxygen atoms in total. The molecule has 0 aromatic carbocycles. The summed E-state index contributed by atoms with van der Waals surface area (Å²) < 4.78 is 0. The van der Waals surface area contributed by atoms with E-state index in [0.29, 0.717) is 18.8 Å². The summed E-state index contributed by atoms with van der Waals surface area (Å²) in [6.45, 7) is 6.56. The number of rotatable bonds is 3. The van der Waals surface area contributed by atoms with Crippen molar-refractivity contribution in [2.75, 3.05) is 13.1 Å². The van der Waals surface area contributed by atoms with Crippen LogP contribution in [0.4, 0.5) is 0 Å². The Balaban J connectivity index is 1.98. The lowest BCUT2D eigenvalue weighted by Gasteiger charge is -2.32. The number of hydrogen-bond donors (Lipinski definition) is 0. The summed E-state index contributed by atoms with van der Waals surface area (Å²) >= 11 is 0. The molecule has 0 spiro atoms. The first kappa shape index (κ1) is 15.6. The lowest BCUT2D eigenvalue weighted by atomic mass is 9.93. The standard InChI is InChI=1S/C16H22N2O3/c1-16(2,3)15(20)21-18-10-6-7-12(11-18)14(19)13-8-4-5-9-17-13/h4-5,8-9,12H,6-7,10-11H2,1-3H3/t12-/m0/s1. The van der Waals surface area contributed by atoms with E-state index in [-0.39, 0.29) is 17.7 Å². The van der Waals surface area contributed by atoms with Gasteiger partial charge in [-0.2, -0.15) is 0 Å². The van der Waals surface area contributed by atoms with Crippen molar-refractivity contribution in [3.63, 3.8) is 0 Å². The van der Waals surface area contributed by atoms with Crippen molar-refractivity contribution in [3.05, 3.63) is 30.1 Å². The van der Waals surface area contributed by atoms with Crippen molar-refractivity contribution in [2.45, 2.75) is 33.6 Å². The van der Waals surface area contributed by atoms with E-state index in [9.17, 15) is 9.59 Å². The predicted octanol–water partition coefficient (Wildman–Crippen LogP) is 2.48. The number of carbonyl (C=O) groups excluding carboxylic acids is 2. The molecule has 0 amide bonds. The fourth-order valence-corrected chi connectivity index (χ4v) is 2.21. The van der Waals surface area contributed by atoms with Crippen molar-refractivity contribution in [1.82, 2.24) is 10.0 Å². The Kier molecular flexibility index (Phi) is 4.73. The molecule has 1 atom stereocenters. The normalized spacial score (nSPS) is 20.0. The van der Waals surface area contributed by atoms with E-state index in [2.05, 4.69) is 4.98 Å². The van der Waals surface area contributed by atoms with Gasteiger partial charge in [-0.1, -0.05) is 6.07 Å². The molecule has 0 radical (unpaired) electrons. The Bertz CT molecular complexity index is 508. The molecule has 1 aliphatic rings. The number of pyridine rings is 1. The van der Waals surface area contributed by atoms with Crippen LogP contribution in [-0.4, -0.2) is 34.9 Å². The number of hydrogen-bond acceptors (Lipinski definition) is 5. The third-order valence-corrected chi connectivity index (χ3v) is 3.50. The van der Waals surface area contributed by atoms with E-state index in [4.69, 9.17) is 4.84 Å². The largest absolute Gasteiger partial charge is 0.367 e. The minimum atomic E-state index is -0.544. The molecule has 0 saturated carbocycles. The fraction of sp³-hybridized carbons (Fsp3) is 0.562. The molecule has 1 fully saturated rings.